The Morgan fingerprint density at radius 3 is 2.27 bits per heavy atom. The second kappa shape index (κ2) is 8.29. The molecule has 0 amide bonds. The fourth-order valence-corrected chi connectivity index (χ4v) is 2.02. The number of esters is 1. The maximum atomic E-state index is 11.6. The summed E-state index contributed by atoms with van der Waals surface area (Å²) in [6.45, 7) is 0.318. The quantitative estimate of drug-likeness (QED) is 0.604. The predicted molar refractivity (Wildman–Crippen MR) is 81.6 cm³/mol. The average molecular weight is 301 g/mol. The van der Waals surface area contributed by atoms with E-state index in [0.29, 0.717) is 6.61 Å². The second-order valence-corrected chi connectivity index (χ2v) is 4.75. The van der Waals surface area contributed by atoms with E-state index in [9.17, 15) is 9.90 Å². The molecule has 2 unspecified atom stereocenters. The molecule has 0 aromatic heterocycles. The number of carbonyl (C=O) groups excluding carboxylic acids is 1. The van der Waals surface area contributed by atoms with Crippen LogP contribution in [0, 0.1) is 0 Å². The number of hydrogen-bond donors (Lipinski definition) is 2. The maximum Gasteiger partial charge on any atom is 0.336 e. The molecule has 0 spiro atoms. The van der Waals surface area contributed by atoms with E-state index in [4.69, 9.17) is 4.84 Å². The van der Waals surface area contributed by atoms with Crippen LogP contribution in [-0.4, -0.2) is 24.3 Å². The molecule has 0 aliphatic carbocycles. The summed E-state index contributed by atoms with van der Waals surface area (Å²) in [6.07, 6.45) is -1.36. The van der Waals surface area contributed by atoms with Crippen molar-refractivity contribution in [2.75, 3.05) is 7.11 Å². The van der Waals surface area contributed by atoms with Crippen molar-refractivity contribution in [1.82, 2.24) is 5.48 Å². The minimum Gasteiger partial charge on any atom is -0.467 e. The number of ether oxygens (including phenoxy) is 1. The van der Waals surface area contributed by atoms with Gasteiger partial charge in [0.15, 0.2) is 6.10 Å². The van der Waals surface area contributed by atoms with Crippen LogP contribution in [0.25, 0.3) is 0 Å². The van der Waals surface area contributed by atoms with Gasteiger partial charge in [0.1, 0.15) is 0 Å². The zero-order valence-corrected chi connectivity index (χ0v) is 12.3. The zero-order chi connectivity index (χ0) is 15.8. The first kappa shape index (κ1) is 16.2. The number of hydroxylamine groups is 1. The summed E-state index contributed by atoms with van der Waals surface area (Å²) in [5, 5.41) is 10.1. The molecule has 0 bridgehead atoms. The Labute approximate surface area is 129 Å². The number of carbonyl (C=O) groups is 1. The maximum absolute atomic E-state index is 11.6. The average Bonchev–Trinajstić information content (AvgIpc) is 2.59. The Bertz CT molecular complexity index is 574. The van der Waals surface area contributed by atoms with Crippen LogP contribution in [0.3, 0.4) is 0 Å². The number of methoxy groups -OCH3 is 1. The monoisotopic (exact) mass is 301 g/mol. The SMILES string of the molecule is COC(=O)C(O)C(NOCc1ccccc1)c1ccccc1. The summed E-state index contributed by atoms with van der Waals surface area (Å²) in [5.74, 6) is -0.718. The number of benzene rings is 2. The van der Waals surface area contributed by atoms with Gasteiger partial charge in [-0.15, -0.1) is 0 Å². The van der Waals surface area contributed by atoms with Crippen molar-refractivity contribution >= 4 is 5.97 Å². The number of hydrogen-bond acceptors (Lipinski definition) is 5. The van der Waals surface area contributed by atoms with Crippen molar-refractivity contribution in [2.45, 2.75) is 18.8 Å². The van der Waals surface area contributed by atoms with E-state index < -0.39 is 18.1 Å². The van der Waals surface area contributed by atoms with Gasteiger partial charge >= 0.3 is 5.97 Å². The zero-order valence-electron chi connectivity index (χ0n) is 12.3. The fraction of sp³-hybridized carbons (Fsp3) is 0.235. The highest BCUT2D eigenvalue weighted by Crippen LogP contribution is 2.18. The van der Waals surface area contributed by atoms with E-state index in [1.54, 1.807) is 12.1 Å². The van der Waals surface area contributed by atoms with Crippen LogP contribution in [-0.2, 0) is 21.0 Å². The van der Waals surface area contributed by atoms with E-state index in [-0.39, 0.29) is 0 Å². The standard InChI is InChI=1S/C17H19NO4/c1-21-17(20)16(19)15(14-10-6-3-7-11-14)18-22-12-13-8-4-2-5-9-13/h2-11,15-16,18-19H,12H2,1H3. The topological polar surface area (TPSA) is 67.8 Å². The molecule has 2 aromatic carbocycles. The van der Waals surface area contributed by atoms with Gasteiger partial charge in [-0.25, -0.2) is 4.79 Å². The van der Waals surface area contributed by atoms with Crippen molar-refractivity contribution < 1.29 is 19.5 Å². The molecule has 5 heteroatoms. The second-order valence-electron chi connectivity index (χ2n) is 4.75. The highest BCUT2D eigenvalue weighted by Gasteiger charge is 2.28. The fourth-order valence-electron chi connectivity index (χ4n) is 2.02. The van der Waals surface area contributed by atoms with Crippen molar-refractivity contribution in [3.8, 4) is 0 Å². The van der Waals surface area contributed by atoms with E-state index in [1.165, 1.54) is 7.11 Å². The molecule has 0 saturated heterocycles. The lowest BCUT2D eigenvalue weighted by Gasteiger charge is -2.22. The molecular formula is C17H19NO4. The first-order chi connectivity index (χ1) is 10.7. The lowest BCUT2D eigenvalue weighted by molar-refractivity contribution is -0.155. The Balaban J connectivity index is 2.03. The molecular weight excluding hydrogens is 282 g/mol. The van der Waals surface area contributed by atoms with Gasteiger partial charge in [0.2, 0.25) is 0 Å². The highest BCUT2D eigenvalue weighted by molar-refractivity contribution is 5.75. The van der Waals surface area contributed by atoms with Gasteiger partial charge in [0.25, 0.3) is 0 Å². The number of nitrogens with one attached hydrogen (secondary N) is 1. The van der Waals surface area contributed by atoms with Crippen LogP contribution < -0.4 is 5.48 Å². The van der Waals surface area contributed by atoms with Gasteiger partial charge in [-0.2, -0.15) is 5.48 Å². The number of rotatable bonds is 7. The summed E-state index contributed by atoms with van der Waals surface area (Å²) in [4.78, 5) is 17.0. The van der Waals surface area contributed by atoms with Gasteiger partial charge in [0.05, 0.1) is 19.8 Å². The van der Waals surface area contributed by atoms with Crippen LogP contribution in [0.15, 0.2) is 60.7 Å². The van der Waals surface area contributed by atoms with Crippen LogP contribution in [0.5, 0.6) is 0 Å². The van der Waals surface area contributed by atoms with Gasteiger partial charge in [-0.3, -0.25) is 4.84 Å². The van der Waals surface area contributed by atoms with Gasteiger partial charge < -0.3 is 9.84 Å². The van der Waals surface area contributed by atoms with E-state index in [0.717, 1.165) is 11.1 Å². The van der Waals surface area contributed by atoms with Gasteiger partial charge in [-0.1, -0.05) is 60.7 Å². The first-order valence-corrected chi connectivity index (χ1v) is 6.94. The summed E-state index contributed by atoms with van der Waals surface area (Å²) >= 11 is 0. The molecule has 0 fully saturated rings. The molecule has 0 radical (unpaired) electrons. The molecule has 0 aliphatic heterocycles. The van der Waals surface area contributed by atoms with Crippen molar-refractivity contribution in [1.29, 1.82) is 0 Å². The number of aliphatic hydroxyl groups excluding tert-OH is 1. The Hall–Kier alpha value is -2.21. The number of aliphatic hydroxyl groups is 1. The van der Waals surface area contributed by atoms with E-state index in [1.807, 2.05) is 48.5 Å². The van der Waals surface area contributed by atoms with E-state index >= 15 is 0 Å². The third kappa shape index (κ3) is 4.39. The van der Waals surface area contributed by atoms with Gasteiger partial charge in [0, 0.05) is 0 Å². The molecule has 2 atom stereocenters. The largest absolute Gasteiger partial charge is 0.467 e. The van der Waals surface area contributed by atoms with Gasteiger partial charge in [-0.05, 0) is 11.1 Å². The molecule has 116 valence electrons. The lowest BCUT2D eigenvalue weighted by Crippen LogP contribution is -2.38. The Morgan fingerprint density at radius 1 is 1.09 bits per heavy atom. The van der Waals surface area contributed by atoms with E-state index in [2.05, 4.69) is 10.2 Å². The molecule has 22 heavy (non-hydrogen) atoms. The molecule has 0 aliphatic rings. The molecule has 2 aromatic rings. The van der Waals surface area contributed by atoms with Crippen molar-refractivity contribution in [3.63, 3.8) is 0 Å². The van der Waals surface area contributed by atoms with Crippen LogP contribution in [0.1, 0.15) is 17.2 Å². The summed E-state index contributed by atoms with van der Waals surface area (Å²) in [6, 6.07) is 18.0. The predicted octanol–water partition coefficient (Wildman–Crippen LogP) is 1.98. The van der Waals surface area contributed by atoms with Crippen LogP contribution in [0.2, 0.25) is 0 Å². The third-order valence-electron chi connectivity index (χ3n) is 3.21. The molecule has 0 saturated carbocycles. The third-order valence-corrected chi connectivity index (χ3v) is 3.21. The van der Waals surface area contributed by atoms with Crippen molar-refractivity contribution in [3.05, 3.63) is 71.8 Å². The molecule has 0 heterocycles. The minimum absolute atomic E-state index is 0.318. The molecule has 2 N–H and O–H groups in total. The summed E-state index contributed by atoms with van der Waals surface area (Å²) in [5.41, 5.74) is 4.46. The van der Waals surface area contributed by atoms with Crippen LogP contribution >= 0.6 is 0 Å². The smallest absolute Gasteiger partial charge is 0.336 e. The Morgan fingerprint density at radius 2 is 1.68 bits per heavy atom. The normalized spacial score (nSPS) is 13.4. The summed E-state index contributed by atoms with van der Waals surface area (Å²) in [7, 11) is 1.23. The van der Waals surface area contributed by atoms with Crippen molar-refractivity contribution in [2.24, 2.45) is 0 Å². The first-order valence-electron chi connectivity index (χ1n) is 6.94. The minimum atomic E-state index is -1.36. The van der Waals surface area contributed by atoms with Crippen LogP contribution in [0.4, 0.5) is 0 Å². The Kier molecular flexibility index (Phi) is 6.09. The molecule has 2 rings (SSSR count). The summed E-state index contributed by atoms with van der Waals surface area (Å²) < 4.78 is 4.59. The highest BCUT2D eigenvalue weighted by atomic mass is 16.6. The lowest BCUT2D eigenvalue weighted by atomic mass is 10.0. The molecule has 5 nitrogen and oxygen atoms in total.